The first kappa shape index (κ1) is 15.1. The highest BCUT2D eigenvalue weighted by Gasteiger charge is 2.42. The standard InChI is InChI=1S/C11H20FNO5/c1-16-11(17-2)4-6-13(10(14)15)9(8-11)18-7-3-5-12/h9H,3-8H2,1-2H3,(H,14,15). The van der Waals surface area contributed by atoms with Gasteiger partial charge in [0.15, 0.2) is 5.79 Å². The zero-order valence-corrected chi connectivity index (χ0v) is 10.7. The Kier molecular flexibility index (Phi) is 5.77. The highest BCUT2D eigenvalue weighted by Crippen LogP contribution is 2.31. The summed E-state index contributed by atoms with van der Waals surface area (Å²) in [5.41, 5.74) is 0. The molecule has 1 aliphatic rings. The molecule has 0 aromatic carbocycles. The van der Waals surface area contributed by atoms with Gasteiger partial charge in [0.05, 0.1) is 13.3 Å². The molecule has 18 heavy (non-hydrogen) atoms. The van der Waals surface area contributed by atoms with E-state index in [0.717, 1.165) is 0 Å². The fraction of sp³-hybridized carbons (Fsp3) is 0.909. The normalized spacial score (nSPS) is 23.1. The molecule has 0 spiro atoms. The minimum atomic E-state index is -1.05. The van der Waals surface area contributed by atoms with E-state index in [0.29, 0.717) is 6.42 Å². The maximum atomic E-state index is 12.0. The van der Waals surface area contributed by atoms with Crippen molar-refractivity contribution in [2.45, 2.75) is 31.3 Å². The maximum absolute atomic E-state index is 12.0. The van der Waals surface area contributed by atoms with E-state index in [9.17, 15) is 9.18 Å². The average molecular weight is 265 g/mol. The predicted molar refractivity (Wildman–Crippen MR) is 61.0 cm³/mol. The van der Waals surface area contributed by atoms with E-state index in [1.165, 1.54) is 19.1 Å². The summed E-state index contributed by atoms with van der Waals surface area (Å²) in [6, 6.07) is 0. The number of piperidine rings is 1. The number of amides is 1. The summed E-state index contributed by atoms with van der Waals surface area (Å²) in [5.74, 6) is -0.827. The van der Waals surface area contributed by atoms with Crippen molar-refractivity contribution in [2.24, 2.45) is 0 Å². The Hall–Kier alpha value is -0.920. The van der Waals surface area contributed by atoms with Gasteiger partial charge in [-0.2, -0.15) is 0 Å². The van der Waals surface area contributed by atoms with Gasteiger partial charge in [-0.25, -0.2) is 4.79 Å². The molecule has 6 nitrogen and oxygen atoms in total. The van der Waals surface area contributed by atoms with Crippen molar-refractivity contribution in [2.75, 3.05) is 34.0 Å². The number of methoxy groups -OCH3 is 2. The van der Waals surface area contributed by atoms with Crippen LogP contribution in [0.25, 0.3) is 0 Å². The van der Waals surface area contributed by atoms with Gasteiger partial charge >= 0.3 is 6.09 Å². The molecule has 0 bridgehead atoms. The number of hydrogen-bond acceptors (Lipinski definition) is 4. The van der Waals surface area contributed by atoms with E-state index in [-0.39, 0.29) is 26.0 Å². The Morgan fingerprint density at radius 2 is 2.17 bits per heavy atom. The summed E-state index contributed by atoms with van der Waals surface area (Å²) in [5, 5.41) is 9.07. The van der Waals surface area contributed by atoms with Crippen molar-refractivity contribution >= 4 is 6.09 Å². The third-order valence-electron chi connectivity index (χ3n) is 3.14. The van der Waals surface area contributed by atoms with Crippen LogP contribution in [-0.4, -0.2) is 62.2 Å². The Bertz CT molecular complexity index is 272. The lowest BCUT2D eigenvalue weighted by Gasteiger charge is -2.43. The zero-order chi connectivity index (χ0) is 13.6. The van der Waals surface area contributed by atoms with Crippen molar-refractivity contribution in [3.63, 3.8) is 0 Å². The second-order valence-electron chi connectivity index (χ2n) is 4.12. The minimum absolute atomic E-state index is 0.175. The molecule has 0 aromatic heterocycles. The van der Waals surface area contributed by atoms with Gasteiger partial charge in [-0.05, 0) is 6.42 Å². The molecule has 1 aliphatic heterocycles. The van der Waals surface area contributed by atoms with Crippen molar-refractivity contribution in [3.05, 3.63) is 0 Å². The number of likely N-dealkylation sites (tertiary alicyclic amines) is 1. The van der Waals surface area contributed by atoms with E-state index in [2.05, 4.69) is 0 Å². The molecule has 1 unspecified atom stereocenters. The highest BCUT2D eigenvalue weighted by atomic mass is 19.1. The van der Waals surface area contributed by atoms with Crippen molar-refractivity contribution in [1.82, 2.24) is 4.90 Å². The number of alkyl halides is 1. The third kappa shape index (κ3) is 3.54. The number of carbonyl (C=O) groups is 1. The van der Waals surface area contributed by atoms with Crippen LogP contribution in [0.15, 0.2) is 0 Å². The summed E-state index contributed by atoms with van der Waals surface area (Å²) >= 11 is 0. The lowest BCUT2D eigenvalue weighted by atomic mass is 10.0. The van der Waals surface area contributed by atoms with Crippen molar-refractivity contribution in [3.8, 4) is 0 Å². The first-order valence-corrected chi connectivity index (χ1v) is 5.86. The highest BCUT2D eigenvalue weighted by molar-refractivity contribution is 5.65. The van der Waals surface area contributed by atoms with Crippen LogP contribution >= 0.6 is 0 Å². The average Bonchev–Trinajstić information content (AvgIpc) is 2.38. The van der Waals surface area contributed by atoms with Crippen LogP contribution in [0, 0.1) is 0 Å². The van der Waals surface area contributed by atoms with Gasteiger partial charge in [0.25, 0.3) is 0 Å². The maximum Gasteiger partial charge on any atom is 0.409 e. The molecular weight excluding hydrogens is 245 g/mol. The molecule has 106 valence electrons. The van der Waals surface area contributed by atoms with Crippen LogP contribution in [0.4, 0.5) is 9.18 Å². The minimum Gasteiger partial charge on any atom is -0.465 e. The number of hydrogen-bond donors (Lipinski definition) is 1. The molecule has 1 amide bonds. The van der Waals surface area contributed by atoms with Crippen LogP contribution < -0.4 is 0 Å². The largest absolute Gasteiger partial charge is 0.465 e. The van der Waals surface area contributed by atoms with Crippen molar-refractivity contribution in [1.29, 1.82) is 0 Å². The SMILES string of the molecule is COC1(OC)CCN(C(=O)O)C(OCCCF)C1. The van der Waals surface area contributed by atoms with Gasteiger partial charge in [0.2, 0.25) is 0 Å². The monoisotopic (exact) mass is 265 g/mol. The molecule has 1 N–H and O–H groups in total. The molecular formula is C11H20FNO5. The van der Waals surface area contributed by atoms with E-state index >= 15 is 0 Å². The lowest BCUT2D eigenvalue weighted by molar-refractivity contribution is -0.259. The Morgan fingerprint density at radius 3 is 2.67 bits per heavy atom. The Labute approximate surface area is 106 Å². The van der Waals surface area contributed by atoms with E-state index < -0.39 is 24.8 Å². The molecule has 7 heteroatoms. The number of nitrogens with zero attached hydrogens (tertiary/aromatic N) is 1. The lowest BCUT2D eigenvalue weighted by Crippen LogP contribution is -2.54. The molecule has 1 heterocycles. The predicted octanol–water partition coefficient (Wildman–Crippen LogP) is 1.45. The summed E-state index contributed by atoms with van der Waals surface area (Å²) < 4.78 is 28.0. The molecule has 1 saturated heterocycles. The number of carboxylic acid groups (broad SMARTS) is 1. The van der Waals surface area contributed by atoms with E-state index in [1.54, 1.807) is 0 Å². The van der Waals surface area contributed by atoms with Gasteiger partial charge in [0.1, 0.15) is 6.23 Å². The van der Waals surface area contributed by atoms with Gasteiger partial charge in [-0.3, -0.25) is 9.29 Å². The molecule has 0 aliphatic carbocycles. The van der Waals surface area contributed by atoms with Gasteiger partial charge in [0, 0.05) is 33.6 Å². The molecule has 1 rings (SSSR count). The summed E-state index contributed by atoms with van der Waals surface area (Å²) in [4.78, 5) is 12.3. The van der Waals surface area contributed by atoms with Gasteiger partial charge in [-0.15, -0.1) is 0 Å². The first-order valence-electron chi connectivity index (χ1n) is 5.86. The molecule has 1 atom stereocenters. The third-order valence-corrected chi connectivity index (χ3v) is 3.14. The topological polar surface area (TPSA) is 68.2 Å². The first-order chi connectivity index (χ1) is 8.58. The second-order valence-corrected chi connectivity index (χ2v) is 4.12. The van der Waals surface area contributed by atoms with Crippen LogP contribution in [0.3, 0.4) is 0 Å². The Morgan fingerprint density at radius 1 is 1.50 bits per heavy atom. The summed E-state index contributed by atoms with van der Waals surface area (Å²) in [7, 11) is 3.02. The fourth-order valence-electron chi connectivity index (χ4n) is 2.01. The van der Waals surface area contributed by atoms with Crippen LogP contribution in [0.5, 0.6) is 0 Å². The molecule has 0 radical (unpaired) electrons. The Balaban J connectivity index is 2.66. The molecule has 0 aromatic rings. The van der Waals surface area contributed by atoms with E-state index in [4.69, 9.17) is 19.3 Å². The number of halogens is 1. The van der Waals surface area contributed by atoms with Gasteiger partial charge < -0.3 is 19.3 Å². The quantitative estimate of drug-likeness (QED) is 0.581. The number of rotatable bonds is 6. The fourth-order valence-corrected chi connectivity index (χ4v) is 2.01. The molecule has 1 fully saturated rings. The zero-order valence-electron chi connectivity index (χ0n) is 10.7. The van der Waals surface area contributed by atoms with Crippen LogP contribution in [0.2, 0.25) is 0 Å². The molecule has 0 saturated carbocycles. The van der Waals surface area contributed by atoms with Gasteiger partial charge in [-0.1, -0.05) is 0 Å². The second kappa shape index (κ2) is 6.86. The van der Waals surface area contributed by atoms with E-state index in [1.807, 2.05) is 0 Å². The van der Waals surface area contributed by atoms with Crippen molar-refractivity contribution < 1.29 is 28.5 Å². The summed E-state index contributed by atoms with van der Waals surface area (Å²) in [6.07, 6.45) is -0.756. The van der Waals surface area contributed by atoms with Crippen LogP contribution in [0.1, 0.15) is 19.3 Å². The smallest absolute Gasteiger partial charge is 0.409 e. The van der Waals surface area contributed by atoms with Crippen LogP contribution in [-0.2, 0) is 14.2 Å². The summed E-state index contributed by atoms with van der Waals surface area (Å²) in [6.45, 7) is -0.0503. The number of ether oxygens (including phenoxy) is 3.